The number of alkyl halides is 1. The topological polar surface area (TPSA) is 110 Å². The summed E-state index contributed by atoms with van der Waals surface area (Å²) in [4.78, 5) is 24.2. The number of ether oxygens (including phenoxy) is 1. The van der Waals surface area contributed by atoms with Gasteiger partial charge in [0.05, 0.1) is 15.9 Å². The molecule has 0 unspecified atom stereocenters. The lowest BCUT2D eigenvalue weighted by molar-refractivity contribution is -0.384. The second-order valence-electron chi connectivity index (χ2n) is 6.66. The van der Waals surface area contributed by atoms with Gasteiger partial charge in [0, 0.05) is 37.1 Å². The lowest BCUT2D eigenvalue weighted by Crippen LogP contribution is -2.57. The molecule has 0 spiro atoms. The van der Waals surface area contributed by atoms with Gasteiger partial charge in [0.25, 0.3) is 5.69 Å². The molecule has 1 amide bonds. The lowest BCUT2D eigenvalue weighted by atomic mass is 10.2. The Labute approximate surface area is 182 Å². The van der Waals surface area contributed by atoms with E-state index in [-0.39, 0.29) is 36.8 Å². The van der Waals surface area contributed by atoms with Crippen LogP contribution in [0.4, 0.5) is 10.5 Å². The van der Waals surface area contributed by atoms with Crippen molar-refractivity contribution in [2.75, 3.05) is 25.0 Å². The number of carbonyl (C=O) groups excluding carboxylic acids is 1. The first-order chi connectivity index (χ1) is 14.3. The molecule has 1 heterocycles. The molecule has 0 aromatic heterocycles. The Kier molecular flexibility index (Phi) is 7.06. The van der Waals surface area contributed by atoms with Crippen molar-refractivity contribution in [3.63, 3.8) is 0 Å². The maximum atomic E-state index is 12.9. The normalized spacial score (nSPS) is 17.5. The van der Waals surface area contributed by atoms with Crippen LogP contribution in [0.25, 0.3) is 0 Å². The molecule has 0 N–H and O–H groups in total. The molecule has 3 rings (SSSR count). The maximum Gasteiger partial charge on any atom is 0.410 e. The van der Waals surface area contributed by atoms with Gasteiger partial charge in [-0.25, -0.2) is 13.2 Å². The van der Waals surface area contributed by atoms with Gasteiger partial charge in [0.2, 0.25) is 10.0 Å². The predicted molar refractivity (Wildman–Crippen MR) is 113 cm³/mol. The molecule has 160 valence electrons. The molecule has 11 heteroatoms. The average molecular weight is 498 g/mol. The summed E-state index contributed by atoms with van der Waals surface area (Å²) in [7, 11) is -3.84. The second-order valence-corrected chi connectivity index (χ2v) is 9.24. The zero-order valence-electron chi connectivity index (χ0n) is 15.9. The number of hydrogen-bond donors (Lipinski definition) is 0. The van der Waals surface area contributed by atoms with Crippen molar-refractivity contribution in [3.05, 3.63) is 70.3 Å². The Morgan fingerprint density at radius 3 is 2.40 bits per heavy atom. The fraction of sp³-hybridized carbons (Fsp3) is 0.316. The molecule has 2 aromatic carbocycles. The summed E-state index contributed by atoms with van der Waals surface area (Å²) >= 11 is 3.35. The van der Waals surface area contributed by atoms with Crippen molar-refractivity contribution < 1.29 is 22.9 Å². The number of nitro benzene ring substituents is 1. The molecule has 1 atom stereocenters. The van der Waals surface area contributed by atoms with Crippen LogP contribution in [0.2, 0.25) is 0 Å². The summed E-state index contributed by atoms with van der Waals surface area (Å²) in [5, 5.41) is 11.2. The van der Waals surface area contributed by atoms with Crippen LogP contribution in [0, 0.1) is 10.1 Å². The van der Waals surface area contributed by atoms with Crippen LogP contribution in [0.5, 0.6) is 0 Å². The van der Waals surface area contributed by atoms with Gasteiger partial charge in [-0.3, -0.25) is 10.1 Å². The van der Waals surface area contributed by atoms with E-state index in [1.165, 1.54) is 21.3 Å². The van der Waals surface area contributed by atoms with Crippen LogP contribution in [-0.2, 0) is 21.4 Å². The molecular formula is C19H20BrN3O6S. The van der Waals surface area contributed by atoms with E-state index in [1.54, 1.807) is 0 Å². The van der Waals surface area contributed by atoms with Gasteiger partial charge in [0.15, 0.2) is 0 Å². The largest absolute Gasteiger partial charge is 0.445 e. The van der Waals surface area contributed by atoms with Gasteiger partial charge >= 0.3 is 6.09 Å². The number of nitrogens with zero attached hydrogens (tertiary/aromatic N) is 3. The highest BCUT2D eigenvalue weighted by molar-refractivity contribution is 9.09. The number of piperazine rings is 1. The molecule has 1 fully saturated rings. The van der Waals surface area contributed by atoms with E-state index in [2.05, 4.69) is 15.9 Å². The molecule has 1 aliphatic rings. The SMILES string of the molecule is O=C(OCc1ccccc1)N1CCN(S(=O)(=O)c2ccc([N+](=O)[O-])cc2)C[C@@H]1CBr. The van der Waals surface area contributed by atoms with Crippen LogP contribution >= 0.6 is 15.9 Å². The summed E-state index contributed by atoms with van der Waals surface area (Å²) < 4.78 is 32.5. The van der Waals surface area contributed by atoms with E-state index in [4.69, 9.17) is 4.74 Å². The molecule has 1 aliphatic heterocycles. The van der Waals surface area contributed by atoms with Crippen molar-refractivity contribution in [1.29, 1.82) is 0 Å². The first kappa shape index (κ1) is 22.2. The minimum atomic E-state index is -3.84. The summed E-state index contributed by atoms with van der Waals surface area (Å²) in [5.41, 5.74) is 0.680. The number of rotatable bonds is 6. The van der Waals surface area contributed by atoms with Crippen molar-refractivity contribution in [3.8, 4) is 0 Å². The third-order valence-corrected chi connectivity index (χ3v) is 7.38. The number of hydrogen-bond acceptors (Lipinski definition) is 6. The van der Waals surface area contributed by atoms with E-state index in [0.717, 1.165) is 17.7 Å². The Morgan fingerprint density at radius 1 is 1.13 bits per heavy atom. The molecule has 0 aliphatic carbocycles. The van der Waals surface area contributed by atoms with Gasteiger partial charge in [-0.2, -0.15) is 4.31 Å². The molecular weight excluding hydrogens is 478 g/mol. The van der Waals surface area contributed by atoms with Crippen molar-refractivity contribution >= 4 is 37.7 Å². The highest BCUT2D eigenvalue weighted by atomic mass is 79.9. The van der Waals surface area contributed by atoms with Gasteiger partial charge < -0.3 is 9.64 Å². The van der Waals surface area contributed by atoms with Gasteiger partial charge in [-0.15, -0.1) is 0 Å². The Morgan fingerprint density at radius 2 is 1.80 bits per heavy atom. The predicted octanol–water partition coefficient (Wildman–Crippen LogP) is 3.00. The summed E-state index contributed by atoms with van der Waals surface area (Å²) in [6.07, 6.45) is -0.504. The molecule has 1 saturated heterocycles. The molecule has 9 nitrogen and oxygen atoms in total. The van der Waals surface area contributed by atoms with Gasteiger partial charge in [-0.05, 0) is 17.7 Å². The number of amides is 1. The number of sulfonamides is 1. The quantitative estimate of drug-likeness (QED) is 0.344. The number of halogens is 1. The molecule has 0 bridgehead atoms. The highest BCUT2D eigenvalue weighted by Gasteiger charge is 2.36. The third-order valence-electron chi connectivity index (χ3n) is 4.75. The minimum Gasteiger partial charge on any atom is -0.445 e. The average Bonchev–Trinajstić information content (AvgIpc) is 2.77. The molecule has 2 aromatic rings. The van der Waals surface area contributed by atoms with Crippen LogP contribution in [-0.4, -0.2) is 59.6 Å². The smallest absolute Gasteiger partial charge is 0.410 e. The summed E-state index contributed by atoms with van der Waals surface area (Å²) in [5.74, 6) is 0. The summed E-state index contributed by atoms with van der Waals surface area (Å²) in [6.45, 7) is 0.500. The Balaban J connectivity index is 1.66. The number of nitro groups is 1. The second kappa shape index (κ2) is 9.54. The van der Waals surface area contributed by atoms with Crippen LogP contribution in [0.1, 0.15) is 5.56 Å². The fourth-order valence-corrected chi connectivity index (χ4v) is 5.13. The van der Waals surface area contributed by atoms with Crippen LogP contribution < -0.4 is 0 Å². The standard InChI is InChI=1S/C19H20BrN3O6S/c20-12-17-13-21(30(27,28)18-8-6-16(7-9-18)23(25)26)10-11-22(17)19(24)29-14-15-4-2-1-3-5-15/h1-9,17H,10-14H2/t17-/m0/s1. The van der Waals surface area contributed by atoms with Crippen LogP contribution in [0.15, 0.2) is 59.5 Å². The highest BCUT2D eigenvalue weighted by Crippen LogP contribution is 2.23. The summed E-state index contributed by atoms with van der Waals surface area (Å²) in [6, 6.07) is 13.6. The first-order valence-electron chi connectivity index (χ1n) is 9.11. The van der Waals surface area contributed by atoms with Crippen LogP contribution in [0.3, 0.4) is 0 Å². The number of non-ortho nitro benzene ring substituents is 1. The zero-order valence-corrected chi connectivity index (χ0v) is 18.3. The third kappa shape index (κ3) is 4.97. The number of carbonyl (C=O) groups is 1. The van der Waals surface area contributed by atoms with Gasteiger partial charge in [-0.1, -0.05) is 46.3 Å². The number of benzene rings is 2. The van der Waals surface area contributed by atoms with E-state index in [9.17, 15) is 23.3 Å². The van der Waals surface area contributed by atoms with E-state index >= 15 is 0 Å². The van der Waals surface area contributed by atoms with Crippen molar-refractivity contribution in [2.45, 2.75) is 17.5 Å². The first-order valence-corrected chi connectivity index (χ1v) is 11.7. The minimum absolute atomic E-state index is 0.0264. The Hall–Kier alpha value is -2.50. The maximum absolute atomic E-state index is 12.9. The van der Waals surface area contributed by atoms with Crippen molar-refractivity contribution in [1.82, 2.24) is 9.21 Å². The fourth-order valence-electron chi connectivity index (χ4n) is 3.11. The lowest BCUT2D eigenvalue weighted by Gasteiger charge is -2.39. The zero-order chi connectivity index (χ0) is 21.7. The molecule has 30 heavy (non-hydrogen) atoms. The monoisotopic (exact) mass is 497 g/mol. The molecule has 0 radical (unpaired) electrons. The Bertz CT molecular complexity index is 1000. The molecule has 0 saturated carbocycles. The van der Waals surface area contributed by atoms with E-state index in [0.29, 0.717) is 5.33 Å². The van der Waals surface area contributed by atoms with E-state index < -0.39 is 27.1 Å². The van der Waals surface area contributed by atoms with Crippen molar-refractivity contribution in [2.24, 2.45) is 0 Å². The van der Waals surface area contributed by atoms with E-state index in [1.807, 2.05) is 30.3 Å². The van der Waals surface area contributed by atoms with Gasteiger partial charge in [0.1, 0.15) is 6.61 Å².